The summed E-state index contributed by atoms with van der Waals surface area (Å²) >= 11 is 0. The molecule has 0 spiro atoms. The van der Waals surface area contributed by atoms with Crippen LogP contribution in [-0.2, 0) is 32.6 Å². The number of aryl methyl sites for hydroxylation is 1. The zero-order chi connectivity index (χ0) is 33.1. The highest BCUT2D eigenvalue weighted by Gasteiger charge is 2.35. The second kappa shape index (κ2) is 15.9. The van der Waals surface area contributed by atoms with Crippen LogP contribution in [-0.4, -0.2) is 58.5 Å². The van der Waals surface area contributed by atoms with Crippen molar-refractivity contribution in [1.29, 1.82) is 0 Å². The Hall–Kier alpha value is -4.83. The highest BCUT2D eigenvalue weighted by atomic mass is 32.2. The van der Waals surface area contributed by atoms with Gasteiger partial charge in [-0.05, 0) is 54.3 Å². The number of carbonyl (C=O) groups excluding carboxylic acids is 2. The number of rotatable bonds is 15. The molecule has 0 aliphatic rings. The number of nitrogens with one attached hydrogen (secondary N) is 1. The van der Waals surface area contributed by atoms with Crippen molar-refractivity contribution >= 4 is 27.5 Å². The quantitative estimate of drug-likeness (QED) is 0.187. The average molecular weight is 644 g/mol. The lowest BCUT2D eigenvalue weighted by atomic mass is 10.0. The first-order valence-corrected chi connectivity index (χ1v) is 16.6. The van der Waals surface area contributed by atoms with Crippen LogP contribution in [0.3, 0.4) is 0 Å². The number of ether oxygens (including phenoxy) is 2. The molecule has 0 fully saturated rings. The molecule has 0 heterocycles. The van der Waals surface area contributed by atoms with Crippen molar-refractivity contribution < 1.29 is 27.5 Å². The maximum atomic E-state index is 14.5. The normalized spacial score (nSPS) is 11.7. The minimum absolute atomic E-state index is 0.0752. The molecule has 0 aliphatic carbocycles. The molecule has 0 saturated heterocycles. The van der Waals surface area contributed by atoms with Crippen molar-refractivity contribution in [3.05, 3.63) is 120 Å². The summed E-state index contributed by atoms with van der Waals surface area (Å²) < 4.78 is 40.3. The average Bonchev–Trinajstić information content (AvgIpc) is 3.08. The Morgan fingerprint density at radius 3 is 2.09 bits per heavy atom. The van der Waals surface area contributed by atoms with E-state index in [2.05, 4.69) is 5.32 Å². The Kier molecular flexibility index (Phi) is 11.8. The number of anilines is 1. The Morgan fingerprint density at radius 1 is 0.826 bits per heavy atom. The standard InChI is InChI=1S/C36H41N3O6S/c1-5-22-37-36(41)32(23-28-15-8-6-9-16-28)38(25-29-17-13-12-14-27(29)2)35(40)26-39(30-18-10-7-11-19-30)46(42,43)31-20-21-33(44-3)34(24-31)45-4/h6-21,24,32H,5,22-23,25-26H2,1-4H3,(H,37,41)/t32-/m1/s1. The van der Waals surface area contributed by atoms with E-state index >= 15 is 0 Å². The number of para-hydroxylation sites is 1. The molecule has 46 heavy (non-hydrogen) atoms. The van der Waals surface area contributed by atoms with Gasteiger partial charge in [-0.25, -0.2) is 8.42 Å². The van der Waals surface area contributed by atoms with E-state index in [-0.39, 0.29) is 29.5 Å². The summed E-state index contributed by atoms with van der Waals surface area (Å²) in [5.74, 6) is -0.222. The van der Waals surface area contributed by atoms with Gasteiger partial charge in [0.05, 0.1) is 24.8 Å². The van der Waals surface area contributed by atoms with Crippen molar-refractivity contribution in [3.63, 3.8) is 0 Å². The summed E-state index contributed by atoms with van der Waals surface area (Å²) in [6.45, 7) is 3.92. The van der Waals surface area contributed by atoms with E-state index in [0.29, 0.717) is 18.0 Å². The molecule has 1 atom stereocenters. The third kappa shape index (κ3) is 8.25. The number of nitrogens with zero attached hydrogens (tertiary/aromatic N) is 2. The second-order valence-corrected chi connectivity index (χ2v) is 12.7. The van der Waals surface area contributed by atoms with Gasteiger partial charge in [0.25, 0.3) is 10.0 Å². The molecule has 1 N–H and O–H groups in total. The molecule has 4 aromatic rings. The Balaban J connectivity index is 1.81. The summed E-state index contributed by atoms with van der Waals surface area (Å²) in [7, 11) is -1.40. The molecule has 9 nitrogen and oxygen atoms in total. The zero-order valence-corrected chi connectivity index (χ0v) is 27.5. The highest BCUT2D eigenvalue weighted by molar-refractivity contribution is 7.92. The van der Waals surface area contributed by atoms with E-state index in [4.69, 9.17) is 9.47 Å². The van der Waals surface area contributed by atoms with E-state index in [1.165, 1.54) is 37.3 Å². The topological polar surface area (TPSA) is 105 Å². The molecule has 4 aromatic carbocycles. The summed E-state index contributed by atoms with van der Waals surface area (Å²) in [5.41, 5.74) is 2.98. The number of amides is 2. The largest absolute Gasteiger partial charge is 0.493 e. The zero-order valence-electron chi connectivity index (χ0n) is 26.7. The van der Waals surface area contributed by atoms with E-state index in [1.807, 2.05) is 68.4 Å². The first-order chi connectivity index (χ1) is 22.2. The Labute approximate surface area is 271 Å². The van der Waals surface area contributed by atoms with E-state index < -0.39 is 28.5 Å². The maximum Gasteiger partial charge on any atom is 0.264 e. The van der Waals surface area contributed by atoms with Crippen LogP contribution in [0.2, 0.25) is 0 Å². The van der Waals surface area contributed by atoms with Crippen LogP contribution in [0.5, 0.6) is 11.5 Å². The molecule has 0 unspecified atom stereocenters. The van der Waals surface area contributed by atoms with Crippen LogP contribution in [0.15, 0.2) is 108 Å². The van der Waals surface area contributed by atoms with E-state index in [9.17, 15) is 18.0 Å². The lowest BCUT2D eigenvalue weighted by Gasteiger charge is -2.34. The van der Waals surface area contributed by atoms with Gasteiger partial charge in [0, 0.05) is 25.6 Å². The van der Waals surface area contributed by atoms with Gasteiger partial charge in [0.15, 0.2) is 11.5 Å². The minimum Gasteiger partial charge on any atom is -0.493 e. The maximum absolute atomic E-state index is 14.5. The van der Waals surface area contributed by atoms with Crippen LogP contribution in [0.4, 0.5) is 5.69 Å². The number of carbonyl (C=O) groups is 2. The van der Waals surface area contributed by atoms with Gasteiger partial charge in [-0.15, -0.1) is 0 Å². The van der Waals surface area contributed by atoms with Gasteiger partial charge in [0.2, 0.25) is 11.8 Å². The predicted octanol–water partition coefficient (Wildman–Crippen LogP) is 5.37. The molecular weight excluding hydrogens is 602 g/mol. The number of benzene rings is 4. The van der Waals surface area contributed by atoms with Crippen LogP contribution in [0.25, 0.3) is 0 Å². The molecule has 0 bridgehead atoms. The second-order valence-electron chi connectivity index (χ2n) is 10.8. The van der Waals surface area contributed by atoms with Gasteiger partial charge in [-0.2, -0.15) is 0 Å². The fourth-order valence-electron chi connectivity index (χ4n) is 5.12. The van der Waals surface area contributed by atoms with Gasteiger partial charge >= 0.3 is 0 Å². The van der Waals surface area contributed by atoms with Gasteiger partial charge < -0.3 is 19.7 Å². The number of hydrogen-bond acceptors (Lipinski definition) is 6. The van der Waals surface area contributed by atoms with Crippen LogP contribution in [0, 0.1) is 6.92 Å². The summed E-state index contributed by atoms with van der Waals surface area (Å²) in [5, 5.41) is 2.96. The van der Waals surface area contributed by atoms with E-state index in [1.54, 1.807) is 30.3 Å². The van der Waals surface area contributed by atoms with Crippen molar-refractivity contribution in [3.8, 4) is 11.5 Å². The van der Waals surface area contributed by atoms with Crippen molar-refractivity contribution in [2.75, 3.05) is 31.6 Å². The number of hydrogen-bond donors (Lipinski definition) is 1. The molecule has 10 heteroatoms. The third-order valence-electron chi connectivity index (χ3n) is 7.69. The fraction of sp³-hybridized carbons (Fsp3) is 0.278. The molecule has 2 amide bonds. The summed E-state index contributed by atoms with van der Waals surface area (Å²) in [6.07, 6.45) is 0.975. The van der Waals surface area contributed by atoms with Crippen molar-refractivity contribution in [2.45, 2.75) is 44.2 Å². The van der Waals surface area contributed by atoms with Crippen molar-refractivity contribution in [1.82, 2.24) is 10.2 Å². The molecule has 0 aliphatic heterocycles. The summed E-state index contributed by atoms with van der Waals surface area (Å²) in [4.78, 5) is 29.7. The van der Waals surface area contributed by atoms with Gasteiger partial charge in [-0.3, -0.25) is 13.9 Å². The molecule has 0 aromatic heterocycles. The molecule has 0 saturated carbocycles. The monoisotopic (exact) mass is 643 g/mol. The van der Waals surface area contributed by atoms with Crippen LogP contribution in [0.1, 0.15) is 30.0 Å². The number of methoxy groups -OCH3 is 2. The highest BCUT2D eigenvalue weighted by Crippen LogP contribution is 2.32. The first kappa shape index (κ1) is 34.1. The van der Waals surface area contributed by atoms with Crippen LogP contribution >= 0.6 is 0 Å². The molecule has 0 radical (unpaired) electrons. The lowest BCUT2D eigenvalue weighted by Crippen LogP contribution is -2.53. The Morgan fingerprint density at radius 2 is 1.46 bits per heavy atom. The Bertz CT molecular complexity index is 1710. The molecular formula is C36H41N3O6S. The fourth-order valence-corrected chi connectivity index (χ4v) is 6.55. The van der Waals surface area contributed by atoms with Gasteiger partial charge in [0.1, 0.15) is 12.6 Å². The third-order valence-corrected chi connectivity index (χ3v) is 9.46. The minimum atomic E-state index is -4.29. The van der Waals surface area contributed by atoms with E-state index in [0.717, 1.165) is 27.4 Å². The number of sulfonamides is 1. The molecule has 4 rings (SSSR count). The van der Waals surface area contributed by atoms with Crippen LogP contribution < -0.4 is 19.1 Å². The first-order valence-electron chi connectivity index (χ1n) is 15.1. The smallest absolute Gasteiger partial charge is 0.264 e. The molecule has 242 valence electrons. The predicted molar refractivity (Wildman–Crippen MR) is 179 cm³/mol. The van der Waals surface area contributed by atoms with Crippen molar-refractivity contribution in [2.24, 2.45) is 0 Å². The summed E-state index contributed by atoms with van der Waals surface area (Å²) in [6, 6.07) is 29.0. The lowest BCUT2D eigenvalue weighted by molar-refractivity contribution is -0.140. The SMILES string of the molecule is CCCNC(=O)[C@@H](Cc1ccccc1)N(Cc1ccccc1C)C(=O)CN(c1ccccc1)S(=O)(=O)c1ccc(OC)c(OC)c1. The van der Waals surface area contributed by atoms with Gasteiger partial charge in [-0.1, -0.05) is 79.7 Å².